The zero-order chi connectivity index (χ0) is 23.0. The van der Waals surface area contributed by atoms with Gasteiger partial charge in [0.2, 0.25) is 5.91 Å². The highest BCUT2D eigenvalue weighted by atomic mass is 35.5. The lowest BCUT2D eigenvalue weighted by Gasteiger charge is -2.12. The second-order valence-corrected chi connectivity index (χ2v) is 9.63. The highest BCUT2D eigenvalue weighted by Gasteiger charge is 2.16. The molecule has 0 unspecified atom stereocenters. The van der Waals surface area contributed by atoms with Gasteiger partial charge in [-0.2, -0.15) is 0 Å². The molecule has 4 aromatic rings. The number of benzene rings is 2. The second kappa shape index (κ2) is 11.4. The summed E-state index contributed by atoms with van der Waals surface area (Å²) in [5, 5.41) is 15.0. The molecule has 1 amide bonds. The van der Waals surface area contributed by atoms with Gasteiger partial charge in [0, 0.05) is 22.9 Å². The standard InChI is InChI=1S/C24H23ClN4O2S2/c1-31-21-10-9-18(25)14-20(21)26-23(30)16-33-24-28-27-22(15-19-8-5-13-32-19)29(24)12-11-17-6-3-2-4-7-17/h2-10,13-14H,11-12,15-16H2,1H3,(H,26,30). The summed E-state index contributed by atoms with van der Waals surface area (Å²) < 4.78 is 7.42. The topological polar surface area (TPSA) is 69.0 Å². The molecule has 0 atom stereocenters. The van der Waals surface area contributed by atoms with Gasteiger partial charge >= 0.3 is 0 Å². The van der Waals surface area contributed by atoms with Gasteiger partial charge < -0.3 is 14.6 Å². The Bertz CT molecular complexity index is 1200. The number of halogens is 1. The zero-order valence-electron chi connectivity index (χ0n) is 18.0. The zero-order valence-corrected chi connectivity index (χ0v) is 20.4. The number of thiophene rings is 1. The van der Waals surface area contributed by atoms with Gasteiger partial charge in [-0.3, -0.25) is 4.79 Å². The average Bonchev–Trinajstić information content (AvgIpc) is 3.47. The monoisotopic (exact) mass is 498 g/mol. The van der Waals surface area contributed by atoms with Crippen molar-refractivity contribution in [1.29, 1.82) is 0 Å². The Morgan fingerprint density at radius 1 is 1.15 bits per heavy atom. The quantitative estimate of drug-likeness (QED) is 0.290. The minimum atomic E-state index is -0.169. The molecule has 6 nitrogen and oxygen atoms in total. The minimum Gasteiger partial charge on any atom is -0.495 e. The van der Waals surface area contributed by atoms with E-state index >= 15 is 0 Å². The number of rotatable bonds is 10. The summed E-state index contributed by atoms with van der Waals surface area (Å²) in [6, 6.07) is 19.6. The van der Waals surface area contributed by atoms with Crippen LogP contribution in [0, 0.1) is 0 Å². The maximum atomic E-state index is 12.6. The maximum absolute atomic E-state index is 12.6. The van der Waals surface area contributed by atoms with E-state index in [2.05, 4.69) is 43.7 Å². The number of aryl methyl sites for hydroxylation is 1. The van der Waals surface area contributed by atoms with Crippen LogP contribution in [0.25, 0.3) is 0 Å². The second-order valence-electron chi connectivity index (χ2n) is 7.22. The molecule has 0 aliphatic carbocycles. The fourth-order valence-electron chi connectivity index (χ4n) is 3.33. The largest absolute Gasteiger partial charge is 0.495 e. The van der Waals surface area contributed by atoms with Crippen LogP contribution in [0.2, 0.25) is 5.02 Å². The van der Waals surface area contributed by atoms with E-state index in [0.29, 0.717) is 22.9 Å². The summed E-state index contributed by atoms with van der Waals surface area (Å²) in [4.78, 5) is 13.9. The number of carbonyl (C=O) groups is 1. The Balaban J connectivity index is 1.46. The number of nitrogens with zero attached hydrogens (tertiary/aromatic N) is 3. The molecule has 0 saturated carbocycles. The van der Waals surface area contributed by atoms with Gasteiger partial charge in [0.15, 0.2) is 5.16 Å². The number of ether oxygens (including phenoxy) is 1. The molecule has 0 spiro atoms. The maximum Gasteiger partial charge on any atom is 0.234 e. The van der Waals surface area contributed by atoms with Crippen LogP contribution in [-0.2, 0) is 24.2 Å². The van der Waals surface area contributed by atoms with E-state index in [0.717, 1.165) is 23.9 Å². The van der Waals surface area contributed by atoms with E-state index in [4.69, 9.17) is 16.3 Å². The van der Waals surface area contributed by atoms with Gasteiger partial charge in [0.1, 0.15) is 11.6 Å². The molecule has 0 radical (unpaired) electrons. The van der Waals surface area contributed by atoms with Crippen LogP contribution in [0.4, 0.5) is 5.69 Å². The van der Waals surface area contributed by atoms with Crippen molar-refractivity contribution in [1.82, 2.24) is 14.8 Å². The Hall–Kier alpha value is -2.81. The fraction of sp³-hybridized carbons (Fsp3) is 0.208. The van der Waals surface area contributed by atoms with E-state index in [1.807, 2.05) is 24.3 Å². The molecule has 0 aliphatic heterocycles. The Labute approximate surface area is 206 Å². The van der Waals surface area contributed by atoms with E-state index in [1.54, 1.807) is 36.6 Å². The van der Waals surface area contributed by atoms with Crippen molar-refractivity contribution < 1.29 is 9.53 Å². The first kappa shape index (κ1) is 23.4. The van der Waals surface area contributed by atoms with Gasteiger partial charge in [-0.25, -0.2) is 0 Å². The number of nitrogens with one attached hydrogen (secondary N) is 1. The first-order valence-electron chi connectivity index (χ1n) is 10.4. The van der Waals surface area contributed by atoms with Crippen LogP contribution in [0.15, 0.2) is 71.2 Å². The molecule has 0 bridgehead atoms. The molecule has 2 aromatic carbocycles. The molecule has 4 rings (SSSR count). The highest BCUT2D eigenvalue weighted by molar-refractivity contribution is 7.99. The van der Waals surface area contributed by atoms with Crippen LogP contribution < -0.4 is 10.1 Å². The molecular formula is C24H23ClN4O2S2. The van der Waals surface area contributed by atoms with Crippen LogP contribution >= 0.6 is 34.7 Å². The number of aromatic nitrogens is 3. The van der Waals surface area contributed by atoms with Crippen LogP contribution in [-0.4, -0.2) is 33.5 Å². The number of hydrogen-bond donors (Lipinski definition) is 1. The molecular weight excluding hydrogens is 476 g/mol. The first-order valence-corrected chi connectivity index (χ1v) is 12.6. The molecule has 170 valence electrons. The normalized spacial score (nSPS) is 10.8. The molecule has 33 heavy (non-hydrogen) atoms. The number of carbonyl (C=O) groups excluding carboxylic acids is 1. The molecule has 0 fully saturated rings. The molecule has 9 heteroatoms. The summed E-state index contributed by atoms with van der Waals surface area (Å²) in [7, 11) is 1.55. The van der Waals surface area contributed by atoms with E-state index in [9.17, 15) is 4.79 Å². The third kappa shape index (κ3) is 6.37. The number of amides is 1. The predicted molar refractivity (Wildman–Crippen MR) is 135 cm³/mol. The van der Waals surface area contributed by atoms with E-state index < -0.39 is 0 Å². The van der Waals surface area contributed by atoms with Crippen molar-refractivity contribution in [3.8, 4) is 5.75 Å². The van der Waals surface area contributed by atoms with Crippen molar-refractivity contribution in [3.05, 3.63) is 87.3 Å². The van der Waals surface area contributed by atoms with Crippen LogP contribution in [0.1, 0.15) is 16.3 Å². The third-order valence-corrected chi connectivity index (χ3v) is 7.02. The number of methoxy groups -OCH3 is 1. The van der Waals surface area contributed by atoms with Crippen molar-refractivity contribution in [2.24, 2.45) is 0 Å². The Morgan fingerprint density at radius 2 is 2.00 bits per heavy atom. The van der Waals surface area contributed by atoms with Gasteiger partial charge in [0.25, 0.3) is 0 Å². The first-order chi connectivity index (χ1) is 16.1. The van der Waals surface area contributed by atoms with E-state index in [1.165, 1.54) is 22.2 Å². The summed E-state index contributed by atoms with van der Waals surface area (Å²) in [5.41, 5.74) is 1.79. The van der Waals surface area contributed by atoms with Crippen LogP contribution in [0.3, 0.4) is 0 Å². The van der Waals surface area contributed by atoms with Crippen molar-refractivity contribution in [3.63, 3.8) is 0 Å². The smallest absolute Gasteiger partial charge is 0.234 e. The summed E-state index contributed by atoms with van der Waals surface area (Å²) >= 11 is 9.13. The van der Waals surface area contributed by atoms with Crippen molar-refractivity contribution >= 4 is 46.3 Å². The molecule has 2 aromatic heterocycles. The SMILES string of the molecule is COc1ccc(Cl)cc1NC(=O)CSc1nnc(Cc2cccs2)n1CCc1ccccc1. The number of anilines is 1. The van der Waals surface area contributed by atoms with E-state index in [-0.39, 0.29) is 11.7 Å². The third-order valence-electron chi connectivity index (χ3n) is 4.94. The lowest BCUT2D eigenvalue weighted by Crippen LogP contribution is -2.15. The summed E-state index contributed by atoms with van der Waals surface area (Å²) in [6.45, 7) is 0.740. The predicted octanol–water partition coefficient (Wildman–Crippen LogP) is 5.57. The molecule has 2 heterocycles. The summed E-state index contributed by atoms with van der Waals surface area (Å²) in [6.07, 6.45) is 1.57. The van der Waals surface area contributed by atoms with Crippen molar-refractivity contribution in [2.45, 2.75) is 24.5 Å². The average molecular weight is 499 g/mol. The number of hydrogen-bond acceptors (Lipinski definition) is 6. The van der Waals surface area contributed by atoms with Gasteiger partial charge in [0.05, 0.1) is 18.6 Å². The van der Waals surface area contributed by atoms with Gasteiger partial charge in [-0.05, 0) is 41.6 Å². The lowest BCUT2D eigenvalue weighted by atomic mass is 10.1. The molecule has 1 N–H and O–H groups in total. The lowest BCUT2D eigenvalue weighted by molar-refractivity contribution is -0.113. The fourth-order valence-corrected chi connectivity index (χ4v) is 4.99. The Kier molecular flexibility index (Phi) is 8.04. The molecule has 0 saturated heterocycles. The minimum absolute atomic E-state index is 0.169. The summed E-state index contributed by atoms with van der Waals surface area (Å²) in [5.74, 6) is 1.48. The van der Waals surface area contributed by atoms with Gasteiger partial charge in [-0.15, -0.1) is 21.5 Å². The highest BCUT2D eigenvalue weighted by Crippen LogP contribution is 2.28. The van der Waals surface area contributed by atoms with Crippen LogP contribution in [0.5, 0.6) is 5.75 Å². The van der Waals surface area contributed by atoms with Gasteiger partial charge in [-0.1, -0.05) is 59.8 Å². The Morgan fingerprint density at radius 3 is 2.76 bits per heavy atom. The van der Waals surface area contributed by atoms with Crippen molar-refractivity contribution in [2.75, 3.05) is 18.2 Å². The number of thioether (sulfide) groups is 1. The molecule has 0 aliphatic rings.